The highest BCUT2D eigenvalue weighted by atomic mass is 79.9. The van der Waals surface area contributed by atoms with E-state index in [1.807, 2.05) is 62.2 Å². The van der Waals surface area contributed by atoms with Gasteiger partial charge in [-0.1, -0.05) is 92.2 Å². The topological polar surface area (TPSA) is 145 Å². The van der Waals surface area contributed by atoms with E-state index in [-0.39, 0.29) is 17.4 Å². The van der Waals surface area contributed by atoms with Crippen LogP contribution in [0.2, 0.25) is 0 Å². The number of nitrogens with one attached hydrogen (secondary N) is 3. The second kappa shape index (κ2) is 24.0. The van der Waals surface area contributed by atoms with Crippen LogP contribution in [0.5, 0.6) is 0 Å². The third-order valence-electron chi connectivity index (χ3n) is 7.91. The summed E-state index contributed by atoms with van der Waals surface area (Å²) in [4.78, 5) is 46.1. The third kappa shape index (κ3) is 15.2. The maximum absolute atomic E-state index is 13.2. The molecule has 0 bridgehead atoms. The van der Waals surface area contributed by atoms with E-state index in [9.17, 15) is 14.4 Å². The van der Waals surface area contributed by atoms with Crippen molar-refractivity contribution in [2.24, 2.45) is 5.92 Å². The number of aliphatic hydroxyl groups excluding tert-OH is 1. The Kier molecular flexibility index (Phi) is 20.2. The summed E-state index contributed by atoms with van der Waals surface area (Å²) in [6.07, 6.45) is 8.98. The van der Waals surface area contributed by atoms with E-state index in [1.165, 1.54) is 44.1 Å². The molecule has 5 rings (SSSR count). The standard InChI is InChI=1S/C31H28BrN3O4S.C7H14.CH4O.CH2O/c1-2-33-40-26-5-3-4-23(18-26)29(36)35-28-19-24(32)14-17-27(28)30(37)34-25-15-10-21(11-16-25)7-6-20-8-12-22(13-9-20)31(38)39;1-7-5-3-2-4-6-7;2*1-2/h3-5,8-19,33H,2,6-7H2,1H3,(H,34,37)(H,35,36)(H,38,39);7H,2-6H2,1H3;2H,1H3;1H2. The first kappa shape index (κ1) is 42.9. The minimum Gasteiger partial charge on any atom is -0.478 e. The normalized spacial score (nSPS) is 12.0. The zero-order valence-corrected chi connectivity index (χ0v) is 31.8. The van der Waals surface area contributed by atoms with E-state index in [0.717, 1.165) is 52.9 Å². The van der Waals surface area contributed by atoms with Gasteiger partial charge in [-0.3, -0.25) is 14.3 Å². The molecular weight excluding hydrogens is 730 g/mol. The van der Waals surface area contributed by atoms with Gasteiger partial charge in [0.15, 0.2) is 0 Å². The molecule has 5 N–H and O–H groups in total. The summed E-state index contributed by atoms with van der Waals surface area (Å²) < 4.78 is 3.90. The zero-order valence-electron chi connectivity index (χ0n) is 29.4. The summed E-state index contributed by atoms with van der Waals surface area (Å²) in [6.45, 7) is 7.16. The molecule has 4 aromatic carbocycles. The van der Waals surface area contributed by atoms with Crippen LogP contribution >= 0.6 is 27.9 Å². The Balaban J connectivity index is 0.000000712. The molecule has 1 aliphatic rings. The molecule has 0 unspecified atom stereocenters. The van der Waals surface area contributed by atoms with Crippen molar-refractivity contribution in [2.75, 3.05) is 24.3 Å². The predicted molar refractivity (Wildman–Crippen MR) is 211 cm³/mol. The molecule has 0 atom stereocenters. The van der Waals surface area contributed by atoms with Crippen molar-refractivity contribution in [2.45, 2.75) is 63.7 Å². The molecule has 4 aromatic rings. The monoisotopic (exact) mass is 777 g/mol. The van der Waals surface area contributed by atoms with Gasteiger partial charge in [0.05, 0.1) is 16.8 Å². The molecule has 0 aliphatic heterocycles. The van der Waals surface area contributed by atoms with Crippen molar-refractivity contribution in [3.63, 3.8) is 0 Å². The van der Waals surface area contributed by atoms with Crippen LogP contribution in [0, 0.1) is 5.92 Å². The Morgan fingerprint density at radius 3 is 1.94 bits per heavy atom. The quantitative estimate of drug-likeness (QED) is 0.0949. The second-order valence-corrected chi connectivity index (χ2v) is 13.5. The van der Waals surface area contributed by atoms with Gasteiger partial charge in [0.1, 0.15) is 6.79 Å². The number of aromatic carboxylic acids is 1. The second-order valence-electron chi connectivity index (χ2n) is 11.7. The van der Waals surface area contributed by atoms with E-state index < -0.39 is 5.97 Å². The molecule has 0 radical (unpaired) electrons. The first-order valence-electron chi connectivity index (χ1n) is 16.8. The third-order valence-corrected chi connectivity index (χ3v) is 9.33. The Hall–Kier alpha value is -4.29. The van der Waals surface area contributed by atoms with Crippen LogP contribution in [0.15, 0.2) is 100 Å². The lowest BCUT2D eigenvalue weighted by Gasteiger charge is -2.15. The predicted octanol–water partition coefficient (Wildman–Crippen LogP) is 9.06. The summed E-state index contributed by atoms with van der Waals surface area (Å²) >= 11 is 4.88. The smallest absolute Gasteiger partial charge is 0.335 e. The van der Waals surface area contributed by atoms with Crippen molar-refractivity contribution in [1.82, 2.24) is 4.72 Å². The summed E-state index contributed by atoms with van der Waals surface area (Å²) in [5.41, 5.74) is 4.26. The van der Waals surface area contributed by atoms with Gasteiger partial charge in [-0.05, 0) is 102 Å². The first-order valence-corrected chi connectivity index (χ1v) is 18.4. The number of amides is 2. The van der Waals surface area contributed by atoms with Crippen molar-refractivity contribution < 1.29 is 29.4 Å². The number of anilines is 2. The van der Waals surface area contributed by atoms with Gasteiger partial charge in [0, 0.05) is 34.3 Å². The van der Waals surface area contributed by atoms with Gasteiger partial charge in [-0.2, -0.15) is 0 Å². The van der Waals surface area contributed by atoms with Crippen molar-refractivity contribution in [3.05, 3.63) is 123 Å². The average Bonchev–Trinajstić information content (AvgIpc) is 3.16. The van der Waals surface area contributed by atoms with E-state index >= 15 is 0 Å². The van der Waals surface area contributed by atoms with Gasteiger partial charge in [-0.15, -0.1) is 0 Å². The van der Waals surface area contributed by atoms with Gasteiger partial charge < -0.3 is 25.6 Å². The van der Waals surface area contributed by atoms with E-state index in [1.54, 1.807) is 42.5 Å². The molecule has 0 spiro atoms. The minimum absolute atomic E-state index is 0.269. The fraction of sp³-hybridized carbons (Fsp3) is 0.300. The van der Waals surface area contributed by atoms with E-state index in [4.69, 9.17) is 15.0 Å². The van der Waals surface area contributed by atoms with Crippen molar-refractivity contribution in [1.29, 1.82) is 0 Å². The van der Waals surface area contributed by atoms with Gasteiger partial charge >= 0.3 is 5.97 Å². The maximum Gasteiger partial charge on any atom is 0.335 e. The number of hydrogen-bond donors (Lipinski definition) is 5. The molecule has 9 nitrogen and oxygen atoms in total. The number of carboxylic acids is 1. The molecule has 1 fully saturated rings. The van der Waals surface area contributed by atoms with Crippen LogP contribution in [-0.2, 0) is 17.6 Å². The largest absolute Gasteiger partial charge is 0.478 e. The molecule has 51 heavy (non-hydrogen) atoms. The summed E-state index contributed by atoms with van der Waals surface area (Å²) in [6, 6.07) is 26.8. The van der Waals surface area contributed by atoms with Crippen LogP contribution in [0.1, 0.15) is 88.2 Å². The highest BCUT2D eigenvalue weighted by molar-refractivity contribution is 9.10. The number of carbonyl (C=O) groups is 4. The molecule has 2 amide bonds. The van der Waals surface area contributed by atoms with Crippen LogP contribution < -0.4 is 15.4 Å². The zero-order chi connectivity index (χ0) is 37.6. The lowest BCUT2D eigenvalue weighted by Crippen LogP contribution is -2.18. The number of rotatable bonds is 11. The summed E-state index contributed by atoms with van der Waals surface area (Å²) in [5.74, 6) is -0.557. The minimum atomic E-state index is -0.939. The van der Waals surface area contributed by atoms with Crippen LogP contribution in [0.4, 0.5) is 11.4 Å². The van der Waals surface area contributed by atoms with Gasteiger partial charge in [-0.25, -0.2) is 4.79 Å². The lowest BCUT2D eigenvalue weighted by molar-refractivity contribution is -0.0980. The number of carboxylic acid groups (broad SMARTS) is 1. The number of carbonyl (C=O) groups excluding carboxylic acids is 3. The molecular formula is C40H48BrN3O6S. The molecule has 1 saturated carbocycles. The summed E-state index contributed by atoms with van der Waals surface area (Å²) in [5, 5.41) is 21.8. The number of aryl methyl sites for hydroxylation is 2. The molecule has 272 valence electrons. The number of hydrogen-bond acceptors (Lipinski definition) is 7. The highest BCUT2D eigenvalue weighted by Crippen LogP contribution is 2.25. The van der Waals surface area contributed by atoms with E-state index in [0.29, 0.717) is 22.5 Å². The van der Waals surface area contributed by atoms with Crippen LogP contribution in [0.3, 0.4) is 0 Å². The molecule has 0 saturated heterocycles. The summed E-state index contributed by atoms with van der Waals surface area (Å²) in [7, 11) is 1.00. The lowest BCUT2D eigenvalue weighted by atomic mass is 9.91. The van der Waals surface area contributed by atoms with Crippen molar-refractivity contribution >= 4 is 63.8 Å². The Labute approximate surface area is 313 Å². The Morgan fingerprint density at radius 2 is 1.39 bits per heavy atom. The fourth-order valence-corrected chi connectivity index (χ4v) is 6.24. The van der Waals surface area contributed by atoms with Gasteiger partial charge in [0.2, 0.25) is 0 Å². The van der Waals surface area contributed by atoms with Gasteiger partial charge in [0.25, 0.3) is 11.8 Å². The number of benzene rings is 4. The fourth-order valence-electron chi connectivity index (χ4n) is 5.23. The number of aliphatic hydroxyl groups is 1. The van der Waals surface area contributed by atoms with E-state index in [2.05, 4.69) is 38.2 Å². The van der Waals surface area contributed by atoms with Crippen LogP contribution in [0.25, 0.3) is 0 Å². The molecule has 0 aromatic heterocycles. The Bertz CT molecular complexity index is 1660. The first-order chi connectivity index (χ1) is 24.7. The highest BCUT2D eigenvalue weighted by Gasteiger charge is 2.16. The number of halogens is 1. The maximum atomic E-state index is 13.2. The molecule has 1 aliphatic carbocycles. The SMILES string of the molecule is C=O.CC1CCCCC1.CCNSc1cccc(C(=O)Nc2cc(Br)ccc2C(=O)Nc2ccc(CCc3ccc(C(=O)O)cc3)cc2)c1.CO. The molecule has 0 heterocycles. The Morgan fingerprint density at radius 1 is 0.784 bits per heavy atom. The molecule has 11 heteroatoms. The average molecular weight is 779 g/mol. The van der Waals surface area contributed by atoms with Crippen LogP contribution in [-0.4, -0.2) is 48.4 Å². The van der Waals surface area contributed by atoms with Crippen molar-refractivity contribution in [3.8, 4) is 0 Å².